The van der Waals surface area contributed by atoms with Crippen LogP contribution in [-0.2, 0) is 14.3 Å². The van der Waals surface area contributed by atoms with Crippen LogP contribution in [0.2, 0.25) is 0 Å². The first kappa shape index (κ1) is 11.9. The zero-order chi connectivity index (χ0) is 13.2. The molecule has 0 spiro atoms. The Morgan fingerprint density at radius 1 is 1.39 bits per heavy atom. The third kappa shape index (κ3) is 1.20. The molecule has 0 N–H and O–H groups in total. The van der Waals surface area contributed by atoms with E-state index in [2.05, 4.69) is 26.8 Å². The maximum absolute atomic E-state index is 12.1. The molecule has 3 nitrogen and oxygen atoms in total. The maximum atomic E-state index is 12.1. The smallest absolute Gasteiger partial charge is 0.320 e. The van der Waals surface area contributed by atoms with Crippen LogP contribution in [0.5, 0.6) is 0 Å². The van der Waals surface area contributed by atoms with E-state index in [9.17, 15) is 9.59 Å². The van der Waals surface area contributed by atoms with Crippen molar-refractivity contribution in [3.05, 3.63) is 11.6 Å². The molecule has 1 heterocycles. The fourth-order valence-corrected chi connectivity index (χ4v) is 4.42. The number of fused-ring (bicyclic) bond motifs is 1. The van der Waals surface area contributed by atoms with Gasteiger partial charge in [-0.2, -0.15) is 0 Å². The zero-order valence-electron chi connectivity index (χ0n) is 11.4. The Bertz CT molecular complexity index is 462. The minimum Gasteiger partial charge on any atom is -0.392 e. The lowest BCUT2D eigenvalue weighted by Gasteiger charge is -2.52. The zero-order valence-corrected chi connectivity index (χ0v) is 11.4. The first-order valence-corrected chi connectivity index (χ1v) is 6.81. The van der Waals surface area contributed by atoms with Gasteiger partial charge >= 0.3 is 11.9 Å². The van der Waals surface area contributed by atoms with Crippen molar-refractivity contribution >= 4 is 11.9 Å². The molecule has 0 aromatic carbocycles. The SMILES string of the molecule is CC1=CC2C(C(C)C)CC1C1C(=O)OC(=O)C21C. The molecule has 2 fully saturated rings. The Labute approximate surface area is 108 Å². The van der Waals surface area contributed by atoms with Gasteiger partial charge in [0.1, 0.15) is 0 Å². The molecule has 1 aliphatic heterocycles. The van der Waals surface area contributed by atoms with Crippen LogP contribution < -0.4 is 0 Å². The predicted molar refractivity (Wildman–Crippen MR) is 66.4 cm³/mol. The highest BCUT2D eigenvalue weighted by molar-refractivity contribution is 6.00. The van der Waals surface area contributed by atoms with Crippen molar-refractivity contribution in [2.45, 2.75) is 34.1 Å². The minimum atomic E-state index is -0.617. The van der Waals surface area contributed by atoms with E-state index in [4.69, 9.17) is 4.74 Å². The molecular formula is C15H20O3. The molecule has 0 aromatic rings. The first-order chi connectivity index (χ1) is 8.37. The van der Waals surface area contributed by atoms with Gasteiger partial charge in [0.25, 0.3) is 0 Å². The van der Waals surface area contributed by atoms with E-state index in [-0.39, 0.29) is 29.7 Å². The predicted octanol–water partition coefficient (Wildman–Crippen LogP) is 2.56. The van der Waals surface area contributed by atoms with Crippen LogP contribution in [0.25, 0.3) is 0 Å². The van der Waals surface area contributed by atoms with Gasteiger partial charge in [-0.15, -0.1) is 0 Å². The summed E-state index contributed by atoms with van der Waals surface area (Å²) in [7, 11) is 0. The number of ether oxygens (including phenoxy) is 1. The number of carbonyl (C=O) groups is 2. The summed E-state index contributed by atoms with van der Waals surface area (Å²) in [6.45, 7) is 8.42. The second-order valence-electron chi connectivity index (χ2n) is 6.66. The van der Waals surface area contributed by atoms with E-state index in [0.29, 0.717) is 11.8 Å². The molecule has 5 unspecified atom stereocenters. The minimum absolute atomic E-state index is 0.159. The molecule has 0 radical (unpaired) electrons. The van der Waals surface area contributed by atoms with Gasteiger partial charge in [0.2, 0.25) is 0 Å². The third-order valence-electron chi connectivity index (χ3n) is 5.50. The van der Waals surface area contributed by atoms with Crippen LogP contribution in [0, 0.1) is 35.0 Å². The van der Waals surface area contributed by atoms with Gasteiger partial charge < -0.3 is 4.74 Å². The highest BCUT2D eigenvalue weighted by Gasteiger charge is 2.67. The highest BCUT2D eigenvalue weighted by Crippen LogP contribution is 2.62. The van der Waals surface area contributed by atoms with Crippen molar-refractivity contribution in [3.63, 3.8) is 0 Å². The molecule has 1 saturated heterocycles. The molecule has 0 amide bonds. The largest absolute Gasteiger partial charge is 0.392 e. The van der Waals surface area contributed by atoms with Gasteiger partial charge in [0.05, 0.1) is 11.3 Å². The van der Waals surface area contributed by atoms with E-state index in [1.807, 2.05) is 6.92 Å². The van der Waals surface area contributed by atoms with Gasteiger partial charge in [0, 0.05) is 0 Å². The van der Waals surface area contributed by atoms with Crippen LogP contribution in [0.15, 0.2) is 11.6 Å². The highest BCUT2D eigenvalue weighted by atomic mass is 16.6. The Balaban J connectivity index is 2.13. The van der Waals surface area contributed by atoms with Gasteiger partial charge in [0.15, 0.2) is 0 Å². The fraction of sp³-hybridized carbons (Fsp3) is 0.733. The average molecular weight is 248 g/mol. The first-order valence-electron chi connectivity index (χ1n) is 6.81. The molecule has 1 saturated carbocycles. The summed E-state index contributed by atoms with van der Waals surface area (Å²) >= 11 is 0. The van der Waals surface area contributed by atoms with Crippen molar-refractivity contribution in [1.29, 1.82) is 0 Å². The molecule has 4 aliphatic rings. The number of hydrogen-bond donors (Lipinski definition) is 0. The number of hydrogen-bond acceptors (Lipinski definition) is 3. The molecular weight excluding hydrogens is 228 g/mol. The van der Waals surface area contributed by atoms with Crippen LogP contribution >= 0.6 is 0 Å². The van der Waals surface area contributed by atoms with Gasteiger partial charge in [-0.1, -0.05) is 25.5 Å². The topological polar surface area (TPSA) is 43.4 Å². The summed E-state index contributed by atoms with van der Waals surface area (Å²) in [5.41, 5.74) is 0.653. The lowest BCUT2D eigenvalue weighted by atomic mass is 9.48. The Morgan fingerprint density at radius 3 is 2.67 bits per heavy atom. The normalized spacial score (nSPS) is 46.2. The van der Waals surface area contributed by atoms with Gasteiger partial charge in [-0.25, -0.2) is 0 Å². The van der Waals surface area contributed by atoms with E-state index in [1.54, 1.807) is 0 Å². The third-order valence-corrected chi connectivity index (χ3v) is 5.50. The monoisotopic (exact) mass is 248 g/mol. The van der Waals surface area contributed by atoms with Crippen LogP contribution in [-0.4, -0.2) is 11.9 Å². The van der Waals surface area contributed by atoms with Crippen molar-refractivity contribution < 1.29 is 14.3 Å². The second kappa shape index (κ2) is 3.46. The second-order valence-corrected chi connectivity index (χ2v) is 6.66. The van der Waals surface area contributed by atoms with E-state index < -0.39 is 5.41 Å². The number of carbonyl (C=O) groups excluding carboxylic acids is 2. The van der Waals surface area contributed by atoms with Crippen molar-refractivity contribution in [3.8, 4) is 0 Å². The number of esters is 2. The van der Waals surface area contributed by atoms with Crippen LogP contribution in [0.1, 0.15) is 34.1 Å². The molecule has 5 atom stereocenters. The van der Waals surface area contributed by atoms with Crippen molar-refractivity contribution in [2.24, 2.45) is 35.0 Å². The molecule has 18 heavy (non-hydrogen) atoms. The average Bonchev–Trinajstić information content (AvgIpc) is 2.52. The Kier molecular flexibility index (Phi) is 2.30. The summed E-state index contributed by atoms with van der Waals surface area (Å²) < 4.78 is 4.96. The molecule has 98 valence electrons. The van der Waals surface area contributed by atoms with E-state index in [0.717, 1.165) is 6.42 Å². The number of cyclic esters (lactones) is 2. The molecule has 3 aliphatic carbocycles. The standard InChI is InChI=1S/C15H20O3/c1-7(2)9-6-10-8(3)5-11(9)15(4)12(10)13(16)18-14(15)17/h5,7,9-12H,6H2,1-4H3. The molecule has 4 rings (SSSR count). The Morgan fingerprint density at radius 2 is 2.06 bits per heavy atom. The van der Waals surface area contributed by atoms with Crippen LogP contribution in [0.4, 0.5) is 0 Å². The van der Waals surface area contributed by atoms with Crippen molar-refractivity contribution in [1.82, 2.24) is 0 Å². The maximum Gasteiger partial charge on any atom is 0.320 e. The number of allylic oxidation sites excluding steroid dienone is 2. The summed E-state index contributed by atoms with van der Waals surface area (Å²) in [6, 6.07) is 0. The quantitative estimate of drug-likeness (QED) is 0.407. The summed E-state index contributed by atoms with van der Waals surface area (Å²) in [6.07, 6.45) is 3.25. The Hall–Kier alpha value is -1.12. The van der Waals surface area contributed by atoms with Gasteiger partial charge in [-0.05, 0) is 43.9 Å². The lowest BCUT2D eigenvalue weighted by Crippen LogP contribution is -2.53. The van der Waals surface area contributed by atoms with E-state index in [1.165, 1.54) is 5.57 Å². The molecule has 0 aromatic heterocycles. The van der Waals surface area contributed by atoms with Crippen molar-refractivity contribution in [2.75, 3.05) is 0 Å². The lowest BCUT2D eigenvalue weighted by molar-refractivity contribution is -0.156. The summed E-state index contributed by atoms with van der Waals surface area (Å²) in [5.74, 6) is 0.531. The summed E-state index contributed by atoms with van der Waals surface area (Å²) in [5, 5.41) is 0. The number of rotatable bonds is 1. The summed E-state index contributed by atoms with van der Waals surface area (Å²) in [4.78, 5) is 24.1. The van der Waals surface area contributed by atoms with Gasteiger partial charge in [-0.3, -0.25) is 9.59 Å². The van der Waals surface area contributed by atoms with Crippen LogP contribution in [0.3, 0.4) is 0 Å². The molecule has 3 heteroatoms. The fourth-order valence-electron chi connectivity index (χ4n) is 4.42. The molecule has 2 bridgehead atoms. The van der Waals surface area contributed by atoms with E-state index >= 15 is 0 Å².